The number of hydrogen-bond donors (Lipinski definition) is 1. The van der Waals surface area contributed by atoms with Crippen LogP contribution in [0.3, 0.4) is 0 Å². The number of phosphoric ester groups is 1. The van der Waals surface area contributed by atoms with Gasteiger partial charge in [-0.25, -0.2) is 17.8 Å². The molecule has 1 amide bonds. The fourth-order valence-electron chi connectivity index (χ4n) is 7.06. The van der Waals surface area contributed by atoms with Gasteiger partial charge in [0.25, 0.3) is 0 Å². The number of sulfone groups is 1. The summed E-state index contributed by atoms with van der Waals surface area (Å²) in [6.07, 6.45) is -4.57. The Balaban J connectivity index is 0.00000864. The molecular formula is C49H54ClNO14PSU-. The van der Waals surface area contributed by atoms with E-state index in [0.29, 0.717) is 16.5 Å². The number of methoxy groups -OCH3 is 2. The Kier molecular flexibility index (Phi) is 19.2. The summed E-state index contributed by atoms with van der Waals surface area (Å²) < 4.78 is 92.0. The number of esters is 1. The largest absolute Gasteiger partial charge is 0.543 e. The zero-order valence-electron chi connectivity index (χ0n) is 38.6. The van der Waals surface area contributed by atoms with Gasteiger partial charge in [-0.15, -0.1) is 0 Å². The molecule has 15 nitrogen and oxygen atoms in total. The second-order valence-corrected chi connectivity index (χ2v) is 20.6. The molecule has 6 rings (SSSR count). The Bertz CT molecular complexity index is 2530. The van der Waals surface area contributed by atoms with Crippen molar-refractivity contribution >= 4 is 41.3 Å². The van der Waals surface area contributed by atoms with Crippen LogP contribution in [0.5, 0.6) is 17.2 Å². The first kappa shape index (κ1) is 54.5. The summed E-state index contributed by atoms with van der Waals surface area (Å²) in [5, 5.41) is 2.92. The Hall–Kier alpha value is -4.40. The van der Waals surface area contributed by atoms with Crippen molar-refractivity contribution in [2.45, 2.75) is 69.2 Å². The number of carbonyl (C=O) groups is 2. The Morgan fingerprint density at radius 1 is 0.794 bits per heavy atom. The van der Waals surface area contributed by atoms with Gasteiger partial charge in [0.15, 0.2) is 9.84 Å². The molecule has 1 N–H and O–H groups in total. The summed E-state index contributed by atoms with van der Waals surface area (Å²) in [5.41, 5.74) is 1.36. The molecule has 1 fully saturated rings. The van der Waals surface area contributed by atoms with Crippen molar-refractivity contribution in [2.75, 3.05) is 33.7 Å². The molecule has 5 aromatic rings. The van der Waals surface area contributed by atoms with E-state index in [1.165, 1.54) is 37.8 Å². The number of rotatable bonds is 20. The third-order valence-electron chi connectivity index (χ3n) is 10.6. The molecule has 0 saturated carbocycles. The van der Waals surface area contributed by atoms with E-state index in [1.54, 1.807) is 59.3 Å². The molecule has 0 spiro atoms. The number of hydrogen-bond acceptors (Lipinski definition) is 14. The summed E-state index contributed by atoms with van der Waals surface area (Å²) in [6.45, 7) is 7.37. The van der Waals surface area contributed by atoms with E-state index in [1.807, 2.05) is 78.9 Å². The van der Waals surface area contributed by atoms with Crippen molar-refractivity contribution in [1.82, 2.24) is 5.32 Å². The first-order valence-corrected chi connectivity index (χ1v) is 24.6. The number of nitrogens with one attached hydrogen (secondary N) is 1. The number of alkyl carbamates (subject to hydrolysis) is 1. The molecule has 5 atom stereocenters. The molecular weight excluding hydrogens is 1160 g/mol. The van der Waals surface area contributed by atoms with Crippen molar-refractivity contribution in [1.29, 1.82) is 0 Å². The molecule has 3 unspecified atom stereocenters. The quantitative estimate of drug-likeness (QED) is 0.0337. The first-order valence-electron chi connectivity index (χ1n) is 21.1. The van der Waals surface area contributed by atoms with Gasteiger partial charge in [-0.05, 0) is 117 Å². The van der Waals surface area contributed by atoms with Crippen molar-refractivity contribution in [3.63, 3.8) is 0 Å². The topological polar surface area (TPSA) is 180 Å². The molecule has 0 aliphatic carbocycles. The predicted molar refractivity (Wildman–Crippen MR) is 250 cm³/mol. The second-order valence-electron chi connectivity index (χ2n) is 16.5. The monoisotopic (exact) mass is 1220 g/mol. The minimum Gasteiger partial charge on any atom is -0.543 e. The average molecular weight is 1220 g/mol. The Morgan fingerprint density at radius 2 is 1.34 bits per heavy atom. The van der Waals surface area contributed by atoms with Gasteiger partial charge in [0.05, 0.1) is 49.1 Å². The smallest absolute Gasteiger partial charge is 0.530 e. The van der Waals surface area contributed by atoms with Gasteiger partial charge < -0.3 is 38.3 Å². The number of halogens is 1. The van der Waals surface area contributed by atoms with Crippen LogP contribution in [0.1, 0.15) is 49.9 Å². The summed E-state index contributed by atoms with van der Waals surface area (Å²) in [7, 11) is -4.05. The normalized spacial score (nSPS) is 17.4. The first-order chi connectivity index (χ1) is 31.9. The molecule has 1 heterocycles. The molecule has 5 aromatic carbocycles. The van der Waals surface area contributed by atoms with Crippen LogP contribution in [-0.4, -0.2) is 78.5 Å². The van der Waals surface area contributed by atoms with Crippen LogP contribution in [0.25, 0.3) is 0 Å². The standard InChI is InChI=1S/C49H54ClNO14PS.U/c1-33(32-67(55,56)42-27-19-38(50)20-28-42)63-47(53)51-43-30-60-44(31-61-46(52)48(2,3)4)45(43)65-66(54,59-7)64-41-21-13-34(14-22-41)29-62-49(35-11-9-8-10-12-35,36-15-23-39(57-5)24-16-36)37-17-25-40(58-6)26-18-37;/h8-28,30,33,43-45H,29,31-32H2,1-7H3,(H,51,53);/q-1;/t33?,43?,44-,45-,66?;/m1./s1. The molecule has 1 aliphatic rings. The maximum atomic E-state index is 14.3. The Morgan fingerprint density at radius 3 is 1.87 bits per heavy atom. The predicted octanol–water partition coefficient (Wildman–Crippen LogP) is 9.49. The fourth-order valence-corrected chi connectivity index (χ4v) is 9.76. The maximum absolute atomic E-state index is 14.3. The molecule has 19 heteroatoms. The van der Waals surface area contributed by atoms with E-state index >= 15 is 0 Å². The zero-order valence-corrected chi connectivity index (χ0v) is 45.2. The fraction of sp³-hybridized carbons (Fsp3) is 0.327. The van der Waals surface area contributed by atoms with Crippen molar-refractivity contribution < 1.29 is 95.7 Å². The van der Waals surface area contributed by atoms with Crippen molar-refractivity contribution in [3.8, 4) is 17.2 Å². The summed E-state index contributed by atoms with van der Waals surface area (Å²) in [5.74, 6) is 0.395. The van der Waals surface area contributed by atoms with E-state index in [-0.39, 0.29) is 55.0 Å². The van der Waals surface area contributed by atoms with E-state index in [0.717, 1.165) is 29.4 Å². The van der Waals surface area contributed by atoms with Gasteiger partial charge in [0.2, 0.25) is 0 Å². The SMILES string of the molecule is COc1ccc(C(OCc2ccc(OP(=O)(OC)O[C@@H]3C(NC(=O)OC(C)CS(=O)(=O)c4ccc(Cl)cc4)[CH-]O[C@@H]3COC(=O)C(C)(C)C)cc2)(c2ccccc2)c2ccc(OC)cc2)cc1.[U]. The van der Waals surface area contributed by atoms with Crippen LogP contribution in [-0.2, 0) is 59.4 Å². The minimum atomic E-state index is -4.53. The van der Waals surface area contributed by atoms with Gasteiger partial charge in [-0.2, -0.15) is 6.61 Å². The minimum absolute atomic E-state index is 0. The van der Waals surface area contributed by atoms with Crippen LogP contribution in [0, 0.1) is 43.1 Å². The van der Waals surface area contributed by atoms with Gasteiger partial charge >= 0.3 is 19.9 Å². The molecule has 1 aliphatic heterocycles. The van der Waals surface area contributed by atoms with E-state index in [4.69, 9.17) is 53.6 Å². The van der Waals surface area contributed by atoms with E-state index in [2.05, 4.69) is 5.32 Å². The third-order valence-corrected chi connectivity index (χ3v) is 14.1. The van der Waals surface area contributed by atoms with E-state index < -0.39 is 70.8 Å². The number of carbonyl (C=O) groups excluding carboxylic acids is 2. The molecule has 0 aromatic heterocycles. The van der Waals surface area contributed by atoms with Crippen molar-refractivity contribution in [2.24, 2.45) is 5.41 Å². The van der Waals surface area contributed by atoms with Crippen LogP contribution in [0.15, 0.2) is 132 Å². The van der Waals surface area contributed by atoms with Crippen LogP contribution >= 0.6 is 19.4 Å². The molecule has 0 bridgehead atoms. The van der Waals surface area contributed by atoms with Crippen LogP contribution < -0.4 is 19.3 Å². The summed E-state index contributed by atoms with van der Waals surface area (Å²) in [6, 6.07) is 36.2. The molecule has 1 saturated heterocycles. The van der Waals surface area contributed by atoms with Gasteiger partial charge in [-0.3, -0.25) is 13.8 Å². The number of phosphoric acid groups is 1. The van der Waals surface area contributed by atoms with Gasteiger partial charge in [0.1, 0.15) is 35.6 Å². The number of ether oxygens (including phenoxy) is 6. The van der Waals surface area contributed by atoms with Crippen LogP contribution in [0.4, 0.5) is 4.79 Å². The molecule has 0 radical (unpaired) electrons. The summed E-state index contributed by atoms with van der Waals surface area (Å²) in [4.78, 5) is 25.9. The molecule has 68 heavy (non-hydrogen) atoms. The summed E-state index contributed by atoms with van der Waals surface area (Å²) >= 11 is 5.91. The molecule has 362 valence electrons. The average Bonchev–Trinajstić information content (AvgIpc) is 3.68. The van der Waals surface area contributed by atoms with Crippen molar-refractivity contribution in [3.05, 3.63) is 161 Å². The van der Waals surface area contributed by atoms with E-state index in [9.17, 15) is 22.6 Å². The maximum Gasteiger partial charge on any atom is 0.530 e. The third kappa shape index (κ3) is 13.9. The number of amides is 1. The Labute approximate surface area is 426 Å². The van der Waals surface area contributed by atoms with Crippen LogP contribution in [0.2, 0.25) is 5.02 Å². The number of benzene rings is 5. The van der Waals surface area contributed by atoms with Gasteiger partial charge in [0, 0.05) is 43.2 Å². The van der Waals surface area contributed by atoms with Gasteiger partial charge in [-0.1, -0.05) is 78.3 Å². The zero-order chi connectivity index (χ0) is 48.4. The second kappa shape index (κ2) is 23.9.